The zero-order valence-electron chi connectivity index (χ0n) is 11.8. The van der Waals surface area contributed by atoms with Crippen molar-refractivity contribution in [3.8, 4) is 0 Å². The Kier molecular flexibility index (Phi) is 4.86. The minimum atomic E-state index is -0.581. The molecule has 1 aromatic rings. The van der Waals surface area contributed by atoms with E-state index in [9.17, 15) is 9.59 Å². The number of hydrogen-bond acceptors (Lipinski definition) is 7. The average Bonchev–Trinajstić information content (AvgIpc) is 3.03. The second kappa shape index (κ2) is 6.64. The van der Waals surface area contributed by atoms with Crippen molar-refractivity contribution in [1.29, 1.82) is 0 Å². The van der Waals surface area contributed by atoms with Crippen molar-refractivity contribution in [3.05, 3.63) is 16.1 Å². The Morgan fingerprint density at radius 3 is 2.86 bits per heavy atom. The van der Waals surface area contributed by atoms with Crippen LogP contribution < -0.4 is 16.4 Å². The lowest BCUT2D eigenvalue weighted by molar-refractivity contribution is -0.123. The van der Waals surface area contributed by atoms with Crippen LogP contribution in [-0.4, -0.2) is 48.4 Å². The van der Waals surface area contributed by atoms with E-state index in [2.05, 4.69) is 20.6 Å². The van der Waals surface area contributed by atoms with E-state index in [4.69, 9.17) is 10.5 Å². The number of aromatic nitrogens is 1. The molecule has 8 nitrogen and oxygen atoms in total. The Bertz CT molecular complexity index is 571. The highest BCUT2D eigenvalue weighted by atomic mass is 32.1. The van der Waals surface area contributed by atoms with E-state index in [-0.39, 0.29) is 24.2 Å². The van der Waals surface area contributed by atoms with Crippen molar-refractivity contribution in [1.82, 2.24) is 15.6 Å². The maximum atomic E-state index is 12.1. The molecular weight excluding hydrogens is 294 g/mol. The molecule has 4 N–H and O–H groups in total. The van der Waals surface area contributed by atoms with Crippen LogP contribution in [-0.2, 0) is 16.1 Å². The number of nitrogens with zero attached hydrogens (tertiary/aromatic N) is 2. The Balaban J connectivity index is 1.90. The van der Waals surface area contributed by atoms with E-state index in [1.54, 1.807) is 19.4 Å². The van der Waals surface area contributed by atoms with Crippen LogP contribution in [0.15, 0.2) is 10.4 Å². The predicted molar refractivity (Wildman–Crippen MR) is 78.2 cm³/mol. The first kappa shape index (κ1) is 15.4. The zero-order chi connectivity index (χ0) is 15.4. The molecule has 1 aliphatic heterocycles. The Morgan fingerprint density at radius 2 is 2.24 bits per heavy atom. The van der Waals surface area contributed by atoms with Gasteiger partial charge in [0.2, 0.25) is 5.91 Å². The lowest BCUT2D eigenvalue weighted by Crippen LogP contribution is -2.37. The molecule has 2 atom stereocenters. The van der Waals surface area contributed by atoms with Gasteiger partial charge in [-0.2, -0.15) is 0 Å². The summed E-state index contributed by atoms with van der Waals surface area (Å²) >= 11 is 1.27. The molecule has 0 saturated heterocycles. The molecule has 0 fully saturated rings. The first-order valence-corrected chi connectivity index (χ1v) is 7.29. The van der Waals surface area contributed by atoms with Crippen LogP contribution in [0.3, 0.4) is 0 Å². The topological polar surface area (TPSA) is 119 Å². The minimum absolute atomic E-state index is 0.205. The summed E-state index contributed by atoms with van der Waals surface area (Å²) in [6, 6.07) is -0.566. The first-order chi connectivity index (χ1) is 10.0. The van der Waals surface area contributed by atoms with Crippen molar-refractivity contribution in [2.24, 2.45) is 10.7 Å². The van der Waals surface area contributed by atoms with Crippen LogP contribution >= 0.6 is 11.3 Å². The molecule has 2 heterocycles. The molecule has 2 rings (SSSR count). The molecule has 1 aromatic heterocycles. The molecule has 9 heteroatoms. The minimum Gasteiger partial charge on any atom is -0.474 e. The Morgan fingerprint density at radius 1 is 1.48 bits per heavy atom. The van der Waals surface area contributed by atoms with Gasteiger partial charge in [0.25, 0.3) is 5.91 Å². The monoisotopic (exact) mass is 311 g/mol. The molecule has 0 aromatic carbocycles. The van der Waals surface area contributed by atoms with Crippen molar-refractivity contribution >= 4 is 29.0 Å². The number of nitrogens with one attached hydrogen (secondary N) is 2. The fourth-order valence-electron chi connectivity index (χ4n) is 1.85. The van der Waals surface area contributed by atoms with Crippen molar-refractivity contribution < 1.29 is 14.3 Å². The number of ether oxygens (including phenoxy) is 1. The van der Waals surface area contributed by atoms with Gasteiger partial charge in [0, 0.05) is 5.38 Å². The quantitative estimate of drug-likeness (QED) is 0.639. The van der Waals surface area contributed by atoms with Gasteiger partial charge < -0.3 is 21.1 Å². The van der Waals surface area contributed by atoms with E-state index in [1.807, 2.05) is 0 Å². The van der Waals surface area contributed by atoms with Gasteiger partial charge in [0.1, 0.15) is 16.8 Å². The van der Waals surface area contributed by atoms with Crippen LogP contribution in [0.1, 0.15) is 22.4 Å². The normalized spacial score (nSPS) is 20.8. The standard InChI is InChI=1S/C12H17N5O3S/c1-6-10(17-8(20-6)3-14-2)12(19)15-4-9-16-7(5-21-9)11(13)18/h5-6,10,14H,3-4H2,1-2H3,(H2,13,18)(H,15,19)/t6-,10+/m1/s1. The number of nitrogens with two attached hydrogens (primary N) is 1. The van der Waals surface area contributed by atoms with Crippen molar-refractivity contribution in [3.63, 3.8) is 0 Å². The van der Waals surface area contributed by atoms with Crippen LogP contribution in [0.2, 0.25) is 0 Å². The molecule has 2 amide bonds. The van der Waals surface area contributed by atoms with Crippen molar-refractivity contribution in [2.45, 2.75) is 25.6 Å². The third-order valence-electron chi connectivity index (χ3n) is 2.86. The second-order valence-corrected chi connectivity index (χ2v) is 5.47. The number of primary amides is 1. The third kappa shape index (κ3) is 3.76. The van der Waals surface area contributed by atoms with Gasteiger partial charge in [0.15, 0.2) is 11.9 Å². The van der Waals surface area contributed by atoms with Crippen LogP contribution in [0, 0.1) is 0 Å². The summed E-state index contributed by atoms with van der Waals surface area (Å²) in [5, 5.41) is 7.83. The lowest BCUT2D eigenvalue weighted by atomic mass is 10.2. The van der Waals surface area contributed by atoms with Crippen LogP contribution in [0.5, 0.6) is 0 Å². The van der Waals surface area contributed by atoms with Crippen molar-refractivity contribution in [2.75, 3.05) is 13.6 Å². The van der Waals surface area contributed by atoms with Gasteiger partial charge >= 0.3 is 0 Å². The van der Waals surface area contributed by atoms with Gasteiger partial charge in [-0.15, -0.1) is 11.3 Å². The SMILES string of the molecule is CNCC1=N[C@H](C(=O)NCc2nc(C(N)=O)cs2)[C@@H](C)O1. The Labute approximate surface area is 125 Å². The van der Waals surface area contributed by atoms with Crippen LogP contribution in [0.25, 0.3) is 0 Å². The number of carbonyl (C=O) groups is 2. The number of carbonyl (C=O) groups excluding carboxylic acids is 2. The van der Waals surface area contributed by atoms with Gasteiger partial charge in [0.05, 0.1) is 13.1 Å². The largest absolute Gasteiger partial charge is 0.474 e. The molecule has 1 aliphatic rings. The molecule has 114 valence electrons. The lowest BCUT2D eigenvalue weighted by Gasteiger charge is -2.12. The second-order valence-electron chi connectivity index (χ2n) is 4.53. The van der Waals surface area contributed by atoms with E-state index in [1.165, 1.54) is 11.3 Å². The number of likely N-dealkylation sites (N-methyl/N-ethyl adjacent to an activating group) is 1. The summed E-state index contributed by atoms with van der Waals surface area (Å²) in [7, 11) is 1.78. The highest BCUT2D eigenvalue weighted by molar-refractivity contribution is 7.09. The summed E-state index contributed by atoms with van der Waals surface area (Å²) in [5.41, 5.74) is 5.33. The van der Waals surface area contributed by atoms with Gasteiger partial charge in [-0.25, -0.2) is 9.98 Å². The van der Waals surface area contributed by atoms with Gasteiger partial charge in [-0.1, -0.05) is 0 Å². The Hall–Kier alpha value is -2.00. The number of hydrogen-bond donors (Lipinski definition) is 3. The first-order valence-electron chi connectivity index (χ1n) is 6.41. The predicted octanol–water partition coefficient (Wildman–Crippen LogP) is -0.737. The third-order valence-corrected chi connectivity index (χ3v) is 3.71. The fraction of sp³-hybridized carbons (Fsp3) is 0.500. The maximum Gasteiger partial charge on any atom is 0.268 e. The molecule has 0 saturated carbocycles. The van der Waals surface area contributed by atoms with Gasteiger partial charge in [-0.05, 0) is 14.0 Å². The maximum absolute atomic E-state index is 12.1. The average molecular weight is 311 g/mol. The smallest absolute Gasteiger partial charge is 0.268 e. The number of aliphatic imine (C=N–C) groups is 1. The molecule has 0 aliphatic carbocycles. The highest BCUT2D eigenvalue weighted by Gasteiger charge is 2.32. The van der Waals surface area contributed by atoms with E-state index < -0.39 is 11.9 Å². The molecule has 0 unspecified atom stereocenters. The summed E-state index contributed by atoms with van der Waals surface area (Å²) in [6.45, 7) is 2.52. The van der Waals surface area contributed by atoms with Gasteiger partial charge in [-0.3, -0.25) is 9.59 Å². The molecule has 0 spiro atoms. The molecule has 21 heavy (non-hydrogen) atoms. The molecule has 0 bridgehead atoms. The zero-order valence-corrected chi connectivity index (χ0v) is 12.6. The summed E-state index contributed by atoms with van der Waals surface area (Å²) in [6.07, 6.45) is -0.300. The molecule has 0 radical (unpaired) electrons. The number of amides is 2. The van der Waals surface area contributed by atoms with E-state index in [0.29, 0.717) is 17.5 Å². The highest BCUT2D eigenvalue weighted by Crippen LogP contribution is 2.14. The summed E-state index contributed by atoms with van der Waals surface area (Å²) in [5.74, 6) is -0.289. The van der Waals surface area contributed by atoms with Crippen LogP contribution in [0.4, 0.5) is 0 Å². The summed E-state index contributed by atoms with van der Waals surface area (Å²) in [4.78, 5) is 31.3. The summed E-state index contributed by atoms with van der Waals surface area (Å²) < 4.78 is 5.48. The number of thiazole rings is 1. The fourth-order valence-corrected chi connectivity index (χ4v) is 2.58. The van der Waals surface area contributed by atoms with E-state index in [0.717, 1.165) is 0 Å². The molecular formula is C12H17N5O3S. The number of rotatable bonds is 6. The van der Waals surface area contributed by atoms with E-state index >= 15 is 0 Å².